The summed E-state index contributed by atoms with van der Waals surface area (Å²) >= 11 is 1.66. The van der Waals surface area contributed by atoms with E-state index in [2.05, 4.69) is 26.9 Å². The molecule has 0 amide bonds. The first-order chi connectivity index (χ1) is 11.4. The van der Waals surface area contributed by atoms with Gasteiger partial charge in [-0.15, -0.1) is 0 Å². The summed E-state index contributed by atoms with van der Waals surface area (Å²) in [5.74, 6) is 0.935. The van der Waals surface area contributed by atoms with E-state index < -0.39 is 0 Å². The van der Waals surface area contributed by atoms with Gasteiger partial charge in [-0.2, -0.15) is 5.26 Å². The number of para-hydroxylation sites is 1. The highest BCUT2D eigenvalue weighted by Crippen LogP contribution is 2.33. The molecule has 4 rings (SSSR count). The number of fused-ring (bicyclic) bond motifs is 1. The van der Waals surface area contributed by atoms with E-state index >= 15 is 0 Å². The Kier molecular flexibility index (Phi) is 3.72. The Morgan fingerprint density at radius 3 is 2.87 bits per heavy atom. The molecule has 1 unspecified atom stereocenters. The van der Waals surface area contributed by atoms with Crippen LogP contribution in [0.4, 0.5) is 5.13 Å². The molecule has 1 saturated heterocycles. The number of nitriles is 1. The van der Waals surface area contributed by atoms with Crippen LogP contribution >= 0.6 is 11.3 Å². The van der Waals surface area contributed by atoms with Gasteiger partial charge in [0.15, 0.2) is 5.13 Å². The van der Waals surface area contributed by atoms with Gasteiger partial charge in [0.05, 0.1) is 28.7 Å². The number of guanidine groups is 1. The van der Waals surface area contributed by atoms with E-state index in [4.69, 9.17) is 4.98 Å². The number of rotatable bonds is 2. The highest BCUT2D eigenvalue weighted by atomic mass is 32.1. The number of hydrogen-bond acceptors (Lipinski definition) is 6. The number of aromatic nitrogens is 1. The summed E-state index contributed by atoms with van der Waals surface area (Å²) in [5.41, 5.74) is 0.999. The van der Waals surface area contributed by atoms with Crippen LogP contribution in [0.5, 0.6) is 0 Å². The lowest BCUT2D eigenvalue weighted by Gasteiger charge is -2.35. The van der Waals surface area contributed by atoms with Crippen LogP contribution in [0.1, 0.15) is 19.3 Å². The van der Waals surface area contributed by atoms with Crippen LogP contribution in [0.2, 0.25) is 0 Å². The van der Waals surface area contributed by atoms with Crippen molar-refractivity contribution in [3.05, 3.63) is 36.5 Å². The van der Waals surface area contributed by atoms with Crippen molar-refractivity contribution in [2.24, 2.45) is 4.99 Å². The van der Waals surface area contributed by atoms with Gasteiger partial charge in [-0.25, -0.2) is 9.98 Å². The summed E-state index contributed by atoms with van der Waals surface area (Å²) in [6, 6.07) is 10.4. The molecule has 6 heteroatoms. The summed E-state index contributed by atoms with van der Waals surface area (Å²) < 4.78 is 1.16. The predicted octanol–water partition coefficient (Wildman–Crippen LogP) is 3.36. The van der Waals surface area contributed by atoms with Crippen molar-refractivity contribution in [3.8, 4) is 6.07 Å². The van der Waals surface area contributed by atoms with Gasteiger partial charge in [0.2, 0.25) is 5.96 Å². The zero-order valence-electron chi connectivity index (χ0n) is 12.7. The van der Waals surface area contributed by atoms with Gasteiger partial charge >= 0.3 is 0 Å². The number of likely N-dealkylation sites (tertiary alicyclic amines) is 1. The molecule has 1 aromatic heterocycles. The van der Waals surface area contributed by atoms with Crippen LogP contribution in [-0.2, 0) is 0 Å². The van der Waals surface area contributed by atoms with Crippen LogP contribution in [0.3, 0.4) is 0 Å². The molecule has 1 fully saturated rings. The zero-order valence-corrected chi connectivity index (χ0v) is 13.5. The second-order valence-electron chi connectivity index (χ2n) is 5.73. The number of anilines is 1. The van der Waals surface area contributed by atoms with Crippen molar-refractivity contribution in [2.45, 2.75) is 25.3 Å². The molecule has 2 aromatic rings. The molecule has 2 aliphatic heterocycles. The summed E-state index contributed by atoms with van der Waals surface area (Å²) in [7, 11) is 0. The fraction of sp³-hybridized carbons (Fsp3) is 0.353. The SMILES string of the molecule is N#CCC1C=CN=C(N2CCCC2)N1c1nc2ccccc2s1. The van der Waals surface area contributed by atoms with Gasteiger partial charge in [-0.1, -0.05) is 23.5 Å². The molecule has 0 aliphatic carbocycles. The summed E-state index contributed by atoms with van der Waals surface area (Å²) in [4.78, 5) is 13.8. The lowest BCUT2D eigenvalue weighted by Crippen LogP contribution is -2.49. The number of nitrogens with zero attached hydrogens (tertiary/aromatic N) is 5. The molecule has 116 valence electrons. The third kappa shape index (κ3) is 2.57. The molecule has 23 heavy (non-hydrogen) atoms. The van der Waals surface area contributed by atoms with E-state index in [1.54, 1.807) is 11.3 Å². The normalized spacial score (nSPS) is 20.8. The minimum atomic E-state index is -0.00587. The maximum absolute atomic E-state index is 9.19. The highest BCUT2D eigenvalue weighted by molar-refractivity contribution is 7.22. The third-order valence-electron chi connectivity index (χ3n) is 4.22. The second-order valence-corrected chi connectivity index (χ2v) is 6.74. The summed E-state index contributed by atoms with van der Waals surface area (Å²) in [5, 5.41) is 10.1. The average Bonchev–Trinajstić information content (AvgIpc) is 3.24. The maximum atomic E-state index is 9.19. The predicted molar refractivity (Wildman–Crippen MR) is 93.5 cm³/mol. The topological polar surface area (TPSA) is 55.5 Å². The van der Waals surface area contributed by atoms with Gasteiger partial charge < -0.3 is 4.90 Å². The number of aliphatic imine (C=N–C) groups is 1. The van der Waals surface area contributed by atoms with Crippen LogP contribution in [-0.4, -0.2) is 35.0 Å². The monoisotopic (exact) mass is 323 g/mol. The quantitative estimate of drug-likeness (QED) is 0.850. The van der Waals surface area contributed by atoms with Crippen molar-refractivity contribution >= 4 is 32.6 Å². The van der Waals surface area contributed by atoms with Crippen LogP contribution in [0.15, 0.2) is 41.5 Å². The number of benzene rings is 1. The minimum Gasteiger partial charge on any atom is -0.342 e. The maximum Gasteiger partial charge on any atom is 0.208 e. The van der Waals surface area contributed by atoms with Crippen LogP contribution < -0.4 is 4.90 Å². The fourth-order valence-electron chi connectivity index (χ4n) is 3.10. The summed E-state index contributed by atoms with van der Waals surface area (Å²) in [6.07, 6.45) is 6.65. The smallest absolute Gasteiger partial charge is 0.208 e. The standard InChI is InChI=1S/C17H17N5S/c18-9-7-13-8-10-19-16(21-11-3-4-12-21)22(13)17-20-14-5-1-2-6-15(14)23-17/h1-2,5-6,8,10,13H,3-4,7,11-12H2. The molecule has 2 aliphatic rings. The Balaban J connectivity index is 1.77. The molecular formula is C17H17N5S. The lowest BCUT2D eigenvalue weighted by molar-refractivity contribution is 0.498. The first-order valence-corrected chi connectivity index (χ1v) is 8.69. The molecule has 1 aromatic carbocycles. The van der Waals surface area contributed by atoms with Gasteiger partial charge in [-0.3, -0.25) is 4.90 Å². The van der Waals surface area contributed by atoms with E-state index in [1.165, 1.54) is 12.8 Å². The Bertz CT molecular complexity index is 777. The zero-order chi connectivity index (χ0) is 15.6. The molecule has 0 radical (unpaired) electrons. The largest absolute Gasteiger partial charge is 0.342 e. The molecule has 0 spiro atoms. The van der Waals surface area contributed by atoms with Crippen molar-refractivity contribution in [1.82, 2.24) is 9.88 Å². The molecule has 5 nitrogen and oxygen atoms in total. The molecule has 0 N–H and O–H groups in total. The molecule has 0 bridgehead atoms. The first kappa shape index (κ1) is 14.2. The molecule has 0 saturated carbocycles. The second kappa shape index (κ2) is 6.01. The lowest BCUT2D eigenvalue weighted by atomic mass is 10.2. The van der Waals surface area contributed by atoms with Crippen molar-refractivity contribution in [2.75, 3.05) is 18.0 Å². The molecular weight excluding hydrogens is 306 g/mol. The van der Waals surface area contributed by atoms with Crippen molar-refractivity contribution in [1.29, 1.82) is 5.26 Å². The fourth-order valence-corrected chi connectivity index (χ4v) is 4.12. The Labute approximate surface area is 139 Å². The minimum absolute atomic E-state index is 0.00587. The summed E-state index contributed by atoms with van der Waals surface area (Å²) in [6.45, 7) is 2.04. The Morgan fingerprint density at radius 1 is 1.26 bits per heavy atom. The van der Waals surface area contributed by atoms with Crippen LogP contribution in [0.25, 0.3) is 10.2 Å². The molecule has 1 atom stereocenters. The van der Waals surface area contributed by atoms with E-state index in [0.29, 0.717) is 6.42 Å². The first-order valence-electron chi connectivity index (χ1n) is 7.88. The third-order valence-corrected chi connectivity index (χ3v) is 5.26. The van der Waals surface area contributed by atoms with Gasteiger partial charge in [-0.05, 0) is 31.1 Å². The molecule has 3 heterocycles. The number of thiazole rings is 1. The Hall–Kier alpha value is -2.39. The van der Waals surface area contributed by atoms with E-state index in [9.17, 15) is 5.26 Å². The number of hydrogen-bond donors (Lipinski definition) is 0. The van der Waals surface area contributed by atoms with E-state index in [-0.39, 0.29) is 6.04 Å². The Morgan fingerprint density at radius 2 is 2.09 bits per heavy atom. The average molecular weight is 323 g/mol. The van der Waals surface area contributed by atoms with E-state index in [0.717, 1.165) is 34.4 Å². The van der Waals surface area contributed by atoms with E-state index in [1.807, 2.05) is 30.5 Å². The van der Waals surface area contributed by atoms with Gasteiger partial charge in [0.25, 0.3) is 0 Å². The van der Waals surface area contributed by atoms with Crippen LogP contribution in [0, 0.1) is 11.3 Å². The van der Waals surface area contributed by atoms with Gasteiger partial charge in [0.1, 0.15) is 0 Å². The van der Waals surface area contributed by atoms with Gasteiger partial charge in [0, 0.05) is 19.3 Å². The van der Waals surface area contributed by atoms with Crippen molar-refractivity contribution in [3.63, 3.8) is 0 Å². The van der Waals surface area contributed by atoms with Crippen molar-refractivity contribution < 1.29 is 0 Å². The highest BCUT2D eigenvalue weighted by Gasteiger charge is 2.31.